The summed E-state index contributed by atoms with van der Waals surface area (Å²) in [6.45, 7) is 4.25. The Hall–Kier alpha value is -0.0200. The van der Waals surface area contributed by atoms with Crippen molar-refractivity contribution < 1.29 is 0 Å². The third-order valence-corrected chi connectivity index (χ3v) is 5.75. The molecule has 1 aromatic carbocycles. The number of halogens is 3. The third-order valence-electron chi connectivity index (χ3n) is 2.67. The fraction of sp³-hybridized carbons (Fsp3) is 0.231. The Balaban J connectivity index is 2.42. The van der Waals surface area contributed by atoms with Gasteiger partial charge in [0, 0.05) is 19.8 Å². The lowest BCUT2D eigenvalue weighted by molar-refractivity contribution is 1.22. The van der Waals surface area contributed by atoms with Gasteiger partial charge < -0.3 is 0 Å². The minimum Gasteiger partial charge on any atom is -0.144 e. The molecule has 0 aliphatic heterocycles. The zero-order chi connectivity index (χ0) is 12.6. The normalized spacial score (nSPS) is 12.8. The maximum absolute atomic E-state index is 6.20. The Morgan fingerprint density at radius 1 is 1.18 bits per heavy atom. The number of hydrogen-bond acceptors (Lipinski definition) is 1. The average molecular weight is 350 g/mol. The van der Waals surface area contributed by atoms with Gasteiger partial charge in [-0.3, -0.25) is 0 Å². The van der Waals surface area contributed by atoms with Crippen molar-refractivity contribution in [3.63, 3.8) is 0 Å². The highest BCUT2D eigenvalue weighted by atomic mass is 79.9. The predicted molar refractivity (Wildman–Crippen MR) is 81.0 cm³/mol. The molecule has 0 aliphatic rings. The van der Waals surface area contributed by atoms with Crippen molar-refractivity contribution in [2.45, 2.75) is 18.7 Å². The number of thiophene rings is 1. The molecule has 0 bridgehead atoms. The molecule has 0 radical (unpaired) electrons. The van der Waals surface area contributed by atoms with Crippen molar-refractivity contribution in [1.82, 2.24) is 0 Å². The molecule has 1 heterocycles. The van der Waals surface area contributed by atoms with E-state index in [1.165, 1.54) is 15.3 Å². The van der Waals surface area contributed by atoms with Crippen LogP contribution in [0.4, 0.5) is 0 Å². The molecule has 0 saturated carbocycles. The van der Waals surface area contributed by atoms with Crippen molar-refractivity contribution in [2.75, 3.05) is 0 Å². The van der Waals surface area contributed by atoms with E-state index in [2.05, 4.69) is 35.8 Å². The first-order valence-corrected chi connectivity index (χ1v) is 7.64. The smallest absolute Gasteiger partial charge is 0.0753 e. The molecule has 1 atom stereocenters. The topological polar surface area (TPSA) is 0 Å². The van der Waals surface area contributed by atoms with Crippen molar-refractivity contribution in [2.24, 2.45) is 0 Å². The summed E-state index contributed by atoms with van der Waals surface area (Å²) >= 11 is 17.7. The van der Waals surface area contributed by atoms with E-state index in [9.17, 15) is 0 Å². The zero-order valence-electron chi connectivity index (χ0n) is 9.43. The molecule has 4 heteroatoms. The van der Waals surface area contributed by atoms with Crippen LogP contribution in [0.15, 0.2) is 24.3 Å². The van der Waals surface area contributed by atoms with E-state index in [1.807, 2.05) is 12.1 Å². The molecule has 90 valence electrons. The highest BCUT2D eigenvalue weighted by Crippen LogP contribution is 2.40. The second kappa shape index (κ2) is 5.31. The van der Waals surface area contributed by atoms with Crippen molar-refractivity contribution in [1.29, 1.82) is 0 Å². The highest BCUT2D eigenvalue weighted by molar-refractivity contribution is 9.09. The minimum absolute atomic E-state index is 0.103. The average Bonchev–Trinajstić information content (AvgIpc) is 2.62. The minimum atomic E-state index is 0.103. The highest BCUT2D eigenvalue weighted by Gasteiger charge is 2.17. The Labute approximate surface area is 124 Å². The van der Waals surface area contributed by atoms with E-state index < -0.39 is 0 Å². The summed E-state index contributed by atoms with van der Waals surface area (Å²) in [7, 11) is 0. The van der Waals surface area contributed by atoms with E-state index in [0.29, 0.717) is 5.02 Å². The van der Waals surface area contributed by atoms with Crippen LogP contribution in [0.1, 0.15) is 25.7 Å². The van der Waals surface area contributed by atoms with Gasteiger partial charge in [-0.2, -0.15) is 0 Å². The summed E-state index contributed by atoms with van der Waals surface area (Å²) in [5, 5.41) is 1.44. The summed E-state index contributed by atoms with van der Waals surface area (Å²) in [6, 6.07) is 7.74. The van der Waals surface area contributed by atoms with Crippen LogP contribution in [0, 0.1) is 13.8 Å². The predicted octanol–water partition coefficient (Wildman–Crippen LogP) is 6.16. The summed E-state index contributed by atoms with van der Waals surface area (Å²) in [5.41, 5.74) is 2.33. The van der Waals surface area contributed by atoms with Crippen molar-refractivity contribution in [3.8, 4) is 0 Å². The van der Waals surface area contributed by atoms with E-state index in [0.717, 1.165) is 10.6 Å². The first-order chi connectivity index (χ1) is 7.99. The number of hydrogen-bond donors (Lipinski definition) is 0. The summed E-state index contributed by atoms with van der Waals surface area (Å²) in [5.74, 6) is 0. The van der Waals surface area contributed by atoms with E-state index in [-0.39, 0.29) is 4.83 Å². The molecule has 0 N–H and O–H groups in total. The second-order valence-electron chi connectivity index (χ2n) is 3.92. The van der Waals surface area contributed by atoms with E-state index in [4.69, 9.17) is 23.2 Å². The largest absolute Gasteiger partial charge is 0.144 e. The molecule has 0 amide bonds. The van der Waals surface area contributed by atoms with Gasteiger partial charge in [-0.1, -0.05) is 39.1 Å². The van der Waals surface area contributed by atoms with Gasteiger partial charge in [0.1, 0.15) is 0 Å². The molecular weight excluding hydrogens is 339 g/mol. The maximum Gasteiger partial charge on any atom is 0.0753 e. The van der Waals surface area contributed by atoms with Crippen LogP contribution in [0.3, 0.4) is 0 Å². The van der Waals surface area contributed by atoms with Gasteiger partial charge in [-0.05, 0) is 49.2 Å². The molecular formula is C13H11BrCl2S. The Kier molecular flexibility index (Phi) is 4.19. The first kappa shape index (κ1) is 13.4. The number of aryl methyl sites for hydroxylation is 2. The van der Waals surface area contributed by atoms with Gasteiger partial charge in [0.15, 0.2) is 0 Å². The van der Waals surface area contributed by atoms with Crippen LogP contribution >= 0.6 is 50.5 Å². The first-order valence-electron chi connectivity index (χ1n) is 5.15. The monoisotopic (exact) mass is 348 g/mol. The van der Waals surface area contributed by atoms with E-state index >= 15 is 0 Å². The quantitative estimate of drug-likeness (QED) is 0.570. The molecule has 2 rings (SSSR count). The molecule has 17 heavy (non-hydrogen) atoms. The van der Waals surface area contributed by atoms with Crippen LogP contribution < -0.4 is 0 Å². The van der Waals surface area contributed by atoms with Crippen LogP contribution in [0.25, 0.3) is 0 Å². The molecule has 0 saturated heterocycles. The molecule has 1 unspecified atom stereocenters. The lowest BCUT2D eigenvalue weighted by Gasteiger charge is -2.10. The lowest BCUT2D eigenvalue weighted by atomic mass is 10.1. The van der Waals surface area contributed by atoms with Crippen molar-refractivity contribution >= 4 is 50.5 Å². The number of benzene rings is 1. The standard InChI is InChI=1S/C13H11BrCl2S/c1-7-5-12(17-8(7)2)13(14)10-6-9(15)3-4-11(10)16/h3-6,13H,1-2H3. The molecule has 1 aromatic heterocycles. The third kappa shape index (κ3) is 2.87. The van der Waals surface area contributed by atoms with E-state index in [1.54, 1.807) is 17.4 Å². The Bertz CT molecular complexity index is 529. The second-order valence-corrected chi connectivity index (χ2v) is 6.96. The number of alkyl halides is 1. The van der Waals surface area contributed by atoms with Gasteiger partial charge in [0.05, 0.1) is 4.83 Å². The summed E-state index contributed by atoms with van der Waals surface area (Å²) in [6.07, 6.45) is 0. The lowest BCUT2D eigenvalue weighted by Crippen LogP contribution is -1.90. The molecule has 0 spiro atoms. The molecule has 0 aliphatic carbocycles. The van der Waals surface area contributed by atoms with Gasteiger partial charge in [-0.25, -0.2) is 0 Å². The maximum atomic E-state index is 6.20. The van der Waals surface area contributed by atoms with Gasteiger partial charge >= 0.3 is 0 Å². The van der Waals surface area contributed by atoms with Crippen LogP contribution in [0.2, 0.25) is 10.0 Å². The van der Waals surface area contributed by atoms with Gasteiger partial charge in [0.2, 0.25) is 0 Å². The molecule has 0 nitrogen and oxygen atoms in total. The van der Waals surface area contributed by atoms with Crippen LogP contribution in [-0.4, -0.2) is 0 Å². The molecule has 2 aromatic rings. The zero-order valence-corrected chi connectivity index (χ0v) is 13.3. The number of rotatable bonds is 2. The summed E-state index contributed by atoms with van der Waals surface area (Å²) < 4.78 is 0. The van der Waals surface area contributed by atoms with Crippen molar-refractivity contribution in [3.05, 3.63) is 55.2 Å². The fourth-order valence-corrected chi connectivity index (χ4v) is 3.96. The van der Waals surface area contributed by atoms with Crippen LogP contribution in [-0.2, 0) is 0 Å². The summed E-state index contributed by atoms with van der Waals surface area (Å²) in [4.78, 5) is 2.69. The fourth-order valence-electron chi connectivity index (χ4n) is 1.59. The Morgan fingerprint density at radius 3 is 2.47 bits per heavy atom. The van der Waals surface area contributed by atoms with Gasteiger partial charge in [0.25, 0.3) is 0 Å². The SMILES string of the molecule is Cc1cc(C(Br)c2cc(Cl)ccc2Cl)sc1C. The van der Waals surface area contributed by atoms with Gasteiger partial charge in [-0.15, -0.1) is 11.3 Å². The van der Waals surface area contributed by atoms with Crippen LogP contribution in [0.5, 0.6) is 0 Å². The molecule has 0 fully saturated rings. The Morgan fingerprint density at radius 2 is 1.88 bits per heavy atom.